The smallest absolute Gasteiger partial charge is 0.111 e. The number of alkyl halides is 1. The maximum atomic E-state index is 5.91. The van der Waals surface area contributed by atoms with Gasteiger partial charge in [0.25, 0.3) is 0 Å². The zero-order valence-corrected chi connectivity index (χ0v) is 14.5. The quantitative estimate of drug-likeness (QED) is 0.715. The SMILES string of the molecule is CCOC(C)(C)Cn1c(CCCl)nc2ccc(Br)cc21. The van der Waals surface area contributed by atoms with Gasteiger partial charge in [-0.25, -0.2) is 4.98 Å². The number of ether oxygens (including phenoxy) is 1. The molecule has 5 heteroatoms. The van der Waals surface area contributed by atoms with E-state index in [0.29, 0.717) is 12.5 Å². The Kier molecular flexibility index (Phi) is 5.10. The van der Waals surface area contributed by atoms with Crippen LogP contribution in [-0.2, 0) is 17.7 Å². The summed E-state index contributed by atoms with van der Waals surface area (Å²) in [4.78, 5) is 4.69. The number of halogens is 2. The van der Waals surface area contributed by atoms with Gasteiger partial charge in [0, 0.05) is 23.4 Å². The second-order valence-electron chi connectivity index (χ2n) is 5.38. The molecule has 1 aromatic carbocycles. The van der Waals surface area contributed by atoms with Crippen LogP contribution in [0.5, 0.6) is 0 Å². The Balaban J connectivity index is 2.47. The summed E-state index contributed by atoms with van der Waals surface area (Å²) in [7, 11) is 0. The molecule has 0 atom stereocenters. The fourth-order valence-corrected chi connectivity index (χ4v) is 2.93. The summed E-state index contributed by atoms with van der Waals surface area (Å²) in [6.07, 6.45) is 0.760. The van der Waals surface area contributed by atoms with E-state index < -0.39 is 0 Å². The van der Waals surface area contributed by atoms with E-state index in [2.05, 4.69) is 45.4 Å². The highest BCUT2D eigenvalue weighted by Crippen LogP contribution is 2.24. The van der Waals surface area contributed by atoms with Crippen LogP contribution in [0.2, 0.25) is 0 Å². The van der Waals surface area contributed by atoms with Crippen molar-refractivity contribution in [3.63, 3.8) is 0 Å². The molecule has 3 nitrogen and oxygen atoms in total. The molecule has 0 aliphatic heterocycles. The predicted octanol–water partition coefficient (Wildman–Crippen LogP) is 4.40. The van der Waals surface area contributed by atoms with Crippen molar-refractivity contribution in [1.82, 2.24) is 9.55 Å². The first-order valence-corrected chi connectivity index (χ1v) is 8.14. The van der Waals surface area contributed by atoms with Crippen molar-refractivity contribution >= 4 is 38.6 Å². The third-order valence-electron chi connectivity index (χ3n) is 3.18. The third kappa shape index (κ3) is 3.54. The summed E-state index contributed by atoms with van der Waals surface area (Å²) in [5, 5.41) is 0. The zero-order valence-electron chi connectivity index (χ0n) is 12.1. The Bertz CT molecular complexity index is 595. The number of nitrogens with zero attached hydrogens (tertiary/aromatic N) is 2. The van der Waals surface area contributed by atoms with Crippen molar-refractivity contribution < 1.29 is 4.74 Å². The highest BCUT2D eigenvalue weighted by molar-refractivity contribution is 9.10. The standard InChI is InChI=1S/C15H20BrClN2O/c1-4-20-15(2,3)10-19-13-9-11(16)5-6-12(13)18-14(19)7-8-17/h5-6,9H,4,7-8,10H2,1-3H3. The molecule has 0 saturated carbocycles. The number of hydrogen-bond acceptors (Lipinski definition) is 2. The van der Waals surface area contributed by atoms with E-state index >= 15 is 0 Å². The van der Waals surface area contributed by atoms with Gasteiger partial charge >= 0.3 is 0 Å². The Morgan fingerprint density at radius 3 is 2.80 bits per heavy atom. The zero-order chi connectivity index (χ0) is 14.8. The normalized spacial score (nSPS) is 12.2. The molecule has 0 unspecified atom stereocenters. The molecule has 0 aliphatic rings. The minimum Gasteiger partial charge on any atom is -0.374 e. The number of hydrogen-bond donors (Lipinski definition) is 0. The fraction of sp³-hybridized carbons (Fsp3) is 0.533. The van der Waals surface area contributed by atoms with Crippen LogP contribution in [0.4, 0.5) is 0 Å². The molecule has 0 spiro atoms. The number of benzene rings is 1. The molecule has 1 heterocycles. The molecule has 1 aromatic heterocycles. The third-order valence-corrected chi connectivity index (χ3v) is 3.86. The fourth-order valence-electron chi connectivity index (χ4n) is 2.41. The molecule has 0 radical (unpaired) electrons. The Morgan fingerprint density at radius 2 is 2.15 bits per heavy atom. The topological polar surface area (TPSA) is 27.1 Å². The van der Waals surface area contributed by atoms with Crippen molar-refractivity contribution in [2.75, 3.05) is 12.5 Å². The number of aromatic nitrogens is 2. The van der Waals surface area contributed by atoms with Crippen molar-refractivity contribution in [2.24, 2.45) is 0 Å². The van der Waals surface area contributed by atoms with E-state index in [4.69, 9.17) is 16.3 Å². The summed E-state index contributed by atoms with van der Waals surface area (Å²) < 4.78 is 9.10. The van der Waals surface area contributed by atoms with Crippen molar-refractivity contribution in [1.29, 1.82) is 0 Å². The summed E-state index contributed by atoms with van der Waals surface area (Å²) in [6, 6.07) is 6.14. The maximum Gasteiger partial charge on any atom is 0.111 e. The van der Waals surface area contributed by atoms with Crippen LogP contribution in [0.15, 0.2) is 22.7 Å². The van der Waals surface area contributed by atoms with E-state index in [1.165, 1.54) is 0 Å². The molecule has 0 fully saturated rings. The lowest BCUT2D eigenvalue weighted by Crippen LogP contribution is -2.31. The maximum absolute atomic E-state index is 5.91. The van der Waals surface area contributed by atoms with E-state index in [1.54, 1.807) is 0 Å². The molecule has 110 valence electrons. The second-order valence-corrected chi connectivity index (χ2v) is 6.67. The molecule has 0 saturated heterocycles. The summed E-state index contributed by atoms with van der Waals surface area (Å²) >= 11 is 9.43. The van der Waals surface area contributed by atoms with Crippen LogP contribution in [-0.4, -0.2) is 27.6 Å². The molecule has 0 bridgehead atoms. The average Bonchev–Trinajstić information content (AvgIpc) is 2.67. The van der Waals surface area contributed by atoms with Crippen molar-refractivity contribution in [3.8, 4) is 0 Å². The minimum atomic E-state index is -0.230. The molecular weight excluding hydrogens is 340 g/mol. The van der Waals surface area contributed by atoms with E-state index in [9.17, 15) is 0 Å². The van der Waals surface area contributed by atoms with Gasteiger partial charge in [-0.1, -0.05) is 15.9 Å². The number of imidazole rings is 1. The number of fused-ring (bicyclic) bond motifs is 1. The first-order valence-electron chi connectivity index (χ1n) is 6.81. The van der Waals surface area contributed by atoms with E-state index in [-0.39, 0.29) is 5.60 Å². The van der Waals surface area contributed by atoms with Gasteiger partial charge in [-0.3, -0.25) is 0 Å². The highest BCUT2D eigenvalue weighted by Gasteiger charge is 2.22. The molecule has 2 aromatic rings. The summed E-state index contributed by atoms with van der Waals surface area (Å²) in [6.45, 7) is 7.69. The molecule has 2 rings (SSSR count). The molecule has 0 aliphatic carbocycles. The van der Waals surface area contributed by atoms with Crippen LogP contribution in [0.25, 0.3) is 11.0 Å². The lowest BCUT2D eigenvalue weighted by molar-refractivity contribution is -0.0221. The van der Waals surface area contributed by atoms with Crippen molar-refractivity contribution in [3.05, 3.63) is 28.5 Å². The van der Waals surface area contributed by atoms with E-state index in [1.807, 2.05) is 19.1 Å². The average molecular weight is 360 g/mol. The predicted molar refractivity (Wildman–Crippen MR) is 87.6 cm³/mol. The minimum absolute atomic E-state index is 0.230. The Morgan fingerprint density at radius 1 is 1.40 bits per heavy atom. The first-order chi connectivity index (χ1) is 9.46. The Hall–Kier alpha value is -0.580. The molecule has 20 heavy (non-hydrogen) atoms. The van der Waals surface area contributed by atoms with Gasteiger partial charge in [0.1, 0.15) is 5.82 Å². The lowest BCUT2D eigenvalue weighted by atomic mass is 10.1. The molecule has 0 N–H and O–H groups in total. The van der Waals surface area contributed by atoms with Crippen LogP contribution in [0, 0.1) is 0 Å². The van der Waals surface area contributed by atoms with E-state index in [0.717, 1.165) is 34.3 Å². The largest absolute Gasteiger partial charge is 0.374 e. The lowest BCUT2D eigenvalue weighted by Gasteiger charge is -2.26. The molecule has 0 amide bonds. The number of rotatable bonds is 6. The van der Waals surface area contributed by atoms with Gasteiger partial charge in [0.15, 0.2) is 0 Å². The van der Waals surface area contributed by atoms with Gasteiger partial charge in [0.2, 0.25) is 0 Å². The van der Waals surface area contributed by atoms with Crippen LogP contribution in [0.3, 0.4) is 0 Å². The van der Waals surface area contributed by atoms with Crippen LogP contribution >= 0.6 is 27.5 Å². The van der Waals surface area contributed by atoms with Gasteiger partial charge in [-0.15, -0.1) is 11.6 Å². The van der Waals surface area contributed by atoms with Gasteiger partial charge in [-0.05, 0) is 39.0 Å². The monoisotopic (exact) mass is 358 g/mol. The highest BCUT2D eigenvalue weighted by atomic mass is 79.9. The van der Waals surface area contributed by atoms with Gasteiger partial charge in [0.05, 0.1) is 23.2 Å². The summed E-state index contributed by atoms with van der Waals surface area (Å²) in [5.41, 5.74) is 1.89. The first kappa shape index (κ1) is 15.8. The number of aryl methyl sites for hydroxylation is 1. The van der Waals surface area contributed by atoms with Crippen molar-refractivity contribution in [2.45, 2.75) is 39.3 Å². The van der Waals surface area contributed by atoms with Gasteiger partial charge in [-0.2, -0.15) is 0 Å². The van der Waals surface area contributed by atoms with Crippen LogP contribution < -0.4 is 0 Å². The van der Waals surface area contributed by atoms with Gasteiger partial charge < -0.3 is 9.30 Å². The Labute approximate surface area is 133 Å². The second kappa shape index (κ2) is 6.46. The van der Waals surface area contributed by atoms with Crippen LogP contribution in [0.1, 0.15) is 26.6 Å². The molecular formula is C15H20BrClN2O. The summed E-state index contributed by atoms with van der Waals surface area (Å²) in [5.74, 6) is 1.58.